The number of cyclic esters (lactones) is 1. The molecule has 1 aliphatic heterocycles. The van der Waals surface area contributed by atoms with Crippen LogP contribution in [0.1, 0.15) is 27.7 Å². The molecule has 2 amide bonds. The number of likely N-dealkylation sites (N-methyl/N-ethyl adjacent to an activating group) is 1. The lowest BCUT2D eigenvalue weighted by molar-refractivity contribution is -0.181. The van der Waals surface area contributed by atoms with Crippen molar-refractivity contribution in [3.8, 4) is 5.75 Å². The van der Waals surface area contributed by atoms with Gasteiger partial charge in [0.15, 0.2) is 9.84 Å². The number of nitrogens with zero attached hydrogens (tertiary/aromatic N) is 3. The van der Waals surface area contributed by atoms with Crippen LogP contribution in [-0.2, 0) is 29.0 Å². The van der Waals surface area contributed by atoms with Crippen molar-refractivity contribution in [2.24, 2.45) is 0 Å². The van der Waals surface area contributed by atoms with E-state index in [4.69, 9.17) is 14.3 Å². The fraction of sp³-hybridized carbons (Fsp3) is 0.522. The van der Waals surface area contributed by atoms with E-state index in [-0.39, 0.29) is 18.0 Å². The van der Waals surface area contributed by atoms with Crippen molar-refractivity contribution in [1.29, 1.82) is 0 Å². The smallest absolute Gasteiger partial charge is 0.356 e. The Bertz CT molecular complexity index is 1020. The Morgan fingerprint density at radius 3 is 2.17 bits per heavy atom. The molecule has 1 aliphatic rings. The van der Waals surface area contributed by atoms with Crippen LogP contribution in [0.15, 0.2) is 41.3 Å². The van der Waals surface area contributed by atoms with E-state index in [9.17, 15) is 22.8 Å². The zero-order chi connectivity index (χ0) is 26.2. The van der Waals surface area contributed by atoms with Gasteiger partial charge in [-0.15, -0.1) is 0 Å². The number of hydrogen-bond donors (Lipinski definition) is 0. The zero-order valence-corrected chi connectivity index (χ0v) is 21.5. The van der Waals surface area contributed by atoms with Crippen LogP contribution in [0, 0.1) is 0 Å². The number of sulfone groups is 1. The normalized spacial score (nSPS) is 18.5. The molecule has 35 heavy (non-hydrogen) atoms. The number of carbonyl (C=O) groups excluding carboxylic acids is 3. The van der Waals surface area contributed by atoms with Crippen molar-refractivity contribution in [2.75, 3.05) is 39.0 Å². The van der Waals surface area contributed by atoms with E-state index in [1.165, 1.54) is 29.2 Å². The predicted molar refractivity (Wildman–Crippen MR) is 127 cm³/mol. The third kappa shape index (κ3) is 8.25. The van der Waals surface area contributed by atoms with Gasteiger partial charge in [-0.05, 0) is 51.2 Å². The van der Waals surface area contributed by atoms with Gasteiger partial charge < -0.3 is 19.2 Å². The van der Waals surface area contributed by atoms with Crippen molar-refractivity contribution >= 4 is 27.8 Å². The molecule has 194 valence electrons. The summed E-state index contributed by atoms with van der Waals surface area (Å²) in [5, 5.41) is 0.956. The molecule has 11 nitrogen and oxygen atoms in total. The van der Waals surface area contributed by atoms with Gasteiger partial charge >= 0.3 is 18.0 Å². The Morgan fingerprint density at radius 1 is 1.03 bits per heavy atom. The van der Waals surface area contributed by atoms with Crippen LogP contribution in [0.3, 0.4) is 0 Å². The third-order valence-electron chi connectivity index (χ3n) is 5.27. The molecule has 1 aromatic rings. The molecule has 0 bridgehead atoms. The van der Waals surface area contributed by atoms with Gasteiger partial charge in [-0.25, -0.2) is 22.8 Å². The molecule has 0 radical (unpaired) electrons. The molecule has 0 saturated heterocycles. The lowest BCUT2D eigenvalue weighted by Gasteiger charge is -2.37. The Balaban J connectivity index is 2.29. The van der Waals surface area contributed by atoms with Gasteiger partial charge in [0.2, 0.25) is 6.23 Å². The minimum absolute atomic E-state index is 0.109. The van der Waals surface area contributed by atoms with Gasteiger partial charge in [0.05, 0.1) is 11.4 Å². The molecule has 0 aromatic heterocycles. The van der Waals surface area contributed by atoms with Crippen molar-refractivity contribution in [1.82, 2.24) is 14.9 Å². The summed E-state index contributed by atoms with van der Waals surface area (Å²) in [4.78, 5) is 46.6. The maximum absolute atomic E-state index is 13.4. The molecule has 0 aliphatic carbocycles. The van der Waals surface area contributed by atoms with Gasteiger partial charge in [-0.2, -0.15) is 5.06 Å². The Kier molecular flexibility index (Phi) is 10.1. The molecule has 0 fully saturated rings. The number of esters is 1. The topological polar surface area (TPSA) is 123 Å². The summed E-state index contributed by atoms with van der Waals surface area (Å²) in [6.45, 7) is 9.28. The van der Waals surface area contributed by atoms with E-state index in [1.807, 2.05) is 13.8 Å². The highest BCUT2D eigenvalue weighted by atomic mass is 32.2. The van der Waals surface area contributed by atoms with Gasteiger partial charge in [-0.1, -0.05) is 13.8 Å². The summed E-state index contributed by atoms with van der Waals surface area (Å²) in [6, 6.07) is 4.62. The first-order chi connectivity index (χ1) is 16.5. The first-order valence-electron chi connectivity index (χ1n) is 11.3. The van der Waals surface area contributed by atoms with Crippen molar-refractivity contribution in [3.63, 3.8) is 0 Å². The summed E-state index contributed by atoms with van der Waals surface area (Å²) in [5.74, 6) is -1.40. The van der Waals surface area contributed by atoms with Crippen LogP contribution >= 0.6 is 0 Å². The summed E-state index contributed by atoms with van der Waals surface area (Å²) in [7, 11) is -3.37. The minimum Gasteiger partial charge on any atom is -0.488 e. The standard InChI is InChI=1S/C23H33N3O8S/c1-6-24(7-2)14-15-25-23(29)26(17(3)4)20(33-21(27)12-13-22(28)34-25)16-32-18-8-10-19(11-9-18)35(5,30)31/h8-13,17,20H,6-7,14-16H2,1-5H3/b13-12-. The molecular weight excluding hydrogens is 478 g/mol. The molecular formula is C23H33N3O8S. The highest BCUT2D eigenvalue weighted by Gasteiger charge is 2.35. The maximum Gasteiger partial charge on any atom is 0.356 e. The average Bonchev–Trinajstić information content (AvgIpc) is 2.80. The van der Waals surface area contributed by atoms with E-state index >= 15 is 0 Å². The molecule has 2 rings (SSSR count). The molecule has 0 saturated carbocycles. The van der Waals surface area contributed by atoms with Crippen LogP contribution in [0.25, 0.3) is 0 Å². The van der Waals surface area contributed by atoms with E-state index in [2.05, 4.69) is 4.90 Å². The molecule has 0 spiro atoms. The molecule has 1 heterocycles. The van der Waals surface area contributed by atoms with E-state index < -0.39 is 40.1 Å². The SMILES string of the molecule is CCN(CC)CCN1OC(=O)/C=C\C(=O)OC(COc2ccc(S(C)(=O)=O)cc2)N(C(C)C)C1=O. The molecule has 1 aromatic carbocycles. The fourth-order valence-electron chi connectivity index (χ4n) is 3.33. The van der Waals surface area contributed by atoms with Gasteiger partial charge in [0.1, 0.15) is 12.4 Å². The first-order valence-corrected chi connectivity index (χ1v) is 13.2. The van der Waals surface area contributed by atoms with Gasteiger partial charge in [0.25, 0.3) is 0 Å². The number of ether oxygens (including phenoxy) is 2. The lowest BCUT2D eigenvalue weighted by Crippen LogP contribution is -2.56. The fourth-order valence-corrected chi connectivity index (χ4v) is 3.96. The monoisotopic (exact) mass is 511 g/mol. The second kappa shape index (κ2) is 12.5. The third-order valence-corrected chi connectivity index (χ3v) is 6.40. The van der Waals surface area contributed by atoms with E-state index in [0.717, 1.165) is 36.6 Å². The number of benzene rings is 1. The maximum atomic E-state index is 13.4. The highest BCUT2D eigenvalue weighted by molar-refractivity contribution is 7.90. The molecule has 1 atom stereocenters. The average molecular weight is 512 g/mol. The zero-order valence-electron chi connectivity index (χ0n) is 20.7. The van der Waals surface area contributed by atoms with Crippen LogP contribution in [-0.4, -0.2) is 92.6 Å². The number of hydroxylamine groups is 2. The number of urea groups is 1. The first kappa shape index (κ1) is 28.1. The Labute approximate surface area is 206 Å². The molecule has 0 N–H and O–H groups in total. The quantitative estimate of drug-likeness (QED) is 0.433. The minimum atomic E-state index is -3.37. The second-order valence-electron chi connectivity index (χ2n) is 8.10. The number of hydrogen-bond acceptors (Lipinski definition) is 9. The molecule has 12 heteroatoms. The van der Waals surface area contributed by atoms with Crippen molar-refractivity contribution in [3.05, 3.63) is 36.4 Å². The lowest BCUT2D eigenvalue weighted by atomic mass is 10.3. The Hall–Kier alpha value is -3.12. The van der Waals surface area contributed by atoms with Crippen LogP contribution < -0.4 is 4.74 Å². The summed E-state index contributed by atoms with van der Waals surface area (Å²) in [6.07, 6.45) is 1.77. The van der Waals surface area contributed by atoms with E-state index in [1.54, 1.807) is 13.8 Å². The van der Waals surface area contributed by atoms with Crippen molar-refractivity contribution < 1.29 is 37.1 Å². The molecule has 1 unspecified atom stereocenters. The van der Waals surface area contributed by atoms with Gasteiger partial charge in [0, 0.05) is 31.0 Å². The highest BCUT2D eigenvalue weighted by Crippen LogP contribution is 2.19. The van der Waals surface area contributed by atoms with Crippen LogP contribution in [0.2, 0.25) is 0 Å². The summed E-state index contributed by atoms with van der Waals surface area (Å²) >= 11 is 0. The predicted octanol–water partition coefficient (Wildman–Crippen LogP) is 1.84. The summed E-state index contributed by atoms with van der Waals surface area (Å²) < 4.78 is 34.5. The van der Waals surface area contributed by atoms with Crippen LogP contribution in [0.4, 0.5) is 4.79 Å². The second-order valence-corrected chi connectivity index (χ2v) is 10.1. The number of rotatable bonds is 10. The van der Waals surface area contributed by atoms with Crippen LogP contribution in [0.5, 0.6) is 5.75 Å². The largest absolute Gasteiger partial charge is 0.488 e. The number of amides is 2. The summed E-state index contributed by atoms with van der Waals surface area (Å²) in [5.41, 5.74) is 0. The van der Waals surface area contributed by atoms with Gasteiger partial charge in [-0.3, -0.25) is 4.90 Å². The number of carbonyl (C=O) groups is 3. The van der Waals surface area contributed by atoms with E-state index in [0.29, 0.717) is 12.3 Å². The van der Waals surface area contributed by atoms with Crippen molar-refractivity contribution in [2.45, 2.75) is 44.9 Å². The Morgan fingerprint density at radius 2 is 1.63 bits per heavy atom.